The molecule has 0 aliphatic heterocycles. The second-order valence-corrected chi connectivity index (χ2v) is 5.16. The molecule has 0 fully saturated rings. The van der Waals surface area contributed by atoms with Crippen LogP contribution in [0.15, 0.2) is 54.2 Å². The molecule has 2 rings (SSSR count). The summed E-state index contributed by atoms with van der Waals surface area (Å²) in [6.45, 7) is 1.89. The number of nitrogens with zero attached hydrogens (tertiary/aromatic N) is 2. The van der Waals surface area contributed by atoms with E-state index < -0.39 is 5.91 Å². The molecule has 0 unspecified atom stereocenters. The van der Waals surface area contributed by atoms with E-state index in [1.165, 1.54) is 13.3 Å². The highest BCUT2D eigenvalue weighted by atomic mass is 16.5. The summed E-state index contributed by atoms with van der Waals surface area (Å²) in [7, 11) is 1.51. The van der Waals surface area contributed by atoms with Crippen LogP contribution in [0.2, 0.25) is 0 Å². The second kappa shape index (κ2) is 8.19. The van der Waals surface area contributed by atoms with Crippen LogP contribution >= 0.6 is 0 Å². The monoisotopic (exact) mass is 332 g/mol. The number of benzene rings is 2. The first-order valence-electron chi connectivity index (χ1n) is 7.40. The maximum absolute atomic E-state index is 12.3. The van der Waals surface area contributed by atoms with Gasteiger partial charge in [-0.25, -0.2) is 0 Å². The van der Waals surface area contributed by atoms with Crippen molar-refractivity contribution in [2.45, 2.75) is 6.92 Å². The fourth-order valence-electron chi connectivity index (χ4n) is 2.05. The number of carbonyl (C=O) groups is 1. The van der Waals surface area contributed by atoms with E-state index in [1.54, 1.807) is 36.4 Å². The molecule has 0 aromatic heterocycles. The number of ether oxygens (including phenoxy) is 1. The molecule has 0 aliphatic rings. The number of hydrogen-bond donors (Lipinski definition) is 2. The molecular formula is C19H16N4O2. The van der Waals surface area contributed by atoms with Crippen LogP contribution < -0.4 is 15.4 Å². The maximum atomic E-state index is 12.3. The highest BCUT2D eigenvalue weighted by Gasteiger charge is 2.12. The summed E-state index contributed by atoms with van der Waals surface area (Å²) in [5.74, 6) is -0.0381. The fraction of sp³-hybridized carbons (Fsp3) is 0.105. The normalized spacial score (nSPS) is 10.3. The lowest BCUT2D eigenvalue weighted by Gasteiger charge is -2.10. The summed E-state index contributed by atoms with van der Waals surface area (Å²) >= 11 is 0. The van der Waals surface area contributed by atoms with Gasteiger partial charge in [-0.05, 0) is 48.9 Å². The van der Waals surface area contributed by atoms with Gasteiger partial charge in [-0.15, -0.1) is 0 Å². The Kier molecular flexibility index (Phi) is 5.76. The van der Waals surface area contributed by atoms with Gasteiger partial charge in [0.05, 0.1) is 24.4 Å². The molecule has 1 amide bonds. The molecular weight excluding hydrogens is 316 g/mol. The molecule has 0 heterocycles. The third-order valence-electron chi connectivity index (χ3n) is 3.37. The number of aryl methyl sites for hydroxylation is 1. The van der Waals surface area contributed by atoms with E-state index >= 15 is 0 Å². The second-order valence-electron chi connectivity index (χ2n) is 5.16. The number of amides is 1. The van der Waals surface area contributed by atoms with Crippen molar-refractivity contribution in [1.29, 1.82) is 10.5 Å². The number of nitriles is 2. The molecule has 6 heteroatoms. The van der Waals surface area contributed by atoms with Gasteiger partial charge in [-0.1, -0.05) is 6.07 Å². The first-order valence-corrected chi connectivity index (χ1v) is 7.40. The number of hydrogen-bond acceptors (Lipinski definition) is 5. The first kappa shape index (κ1) is 17.6. The summed E-state index contributed by atoms with van der Waals surface area (Å²) in [6, 6.07) is 15.9. The molecule has 6 nitrogen and oxygen atoms in total. The third-order valence-corrected chi connectivity index (χ3v) is 3.37. The average Bonchev–Trinajstić information content (AvgIpc) is 2.63. The van der Waals surface area contributed by atoms with E-state index in [0.717, 1.165) is 5.56 Å². The van der Waals surface area contributed by atoms with Crippen molar-refractivity contribution < 1.29 is 9.53 Å². The van der Waals surface area contributed by atoms with E-state index in [-0.39, 0.29) is 5.57 Å². The minimum absolute atomic E-state index is 0.0899. The summed E-state index contributed by atoms with van der Waals surface area (Å²) in [5.41, 5.74) is 2.54. The first-order chi connectivity index (χ1) is 12.1. The number of carbonyl (C=O) groups excluding carboxylic acids is 1. The Hall–Kier alpha value is -3.77. The van der Waals surface area contributed by atoms with E-state index in [9.17, 15) is 10.1 Å². The maximum Gasteiger partial charge on any atom is 0.267 e. The molecule has 0 spiro atoms. The molecule has 2 N–H and O–H groups in total. The predicted octanol–water partition coefficient (Wildman–Crippen LogP) is 3.33. The zero-order chi connectivity index (χ0) is 18.2. The standard InChI is InChI=1S/C19H16N4O2/c1-13-3-8-18(25-2)17(9-13)23-19(24)15(11-21)12-22-16-6-4-14(10-20)5-7-16/h3-9,12,22H,1-2H3,(H,23,24)/b15-12-. The zero-order valence-corrected chi connectivity index (χ0v) is 13.8. The van der Waals surface area contributed by atoms with Crippen LogP contribution in [-0.2, 0) is 4.79 Å². The third kappa shape index (κ3) is 4.60. The van der Waals surface area contributed by atoms with Crippen LogP contribution in [0.1, 0.15) is 11.1 Å². The van der Waals surface area contributed by atoms with Gasteiger partial charge in [0.1, 0.15) is 17.4 Å². The van der Waals surface area contributed by atoms with Gasteiger partial charge in [0.25, 0.3) is 5.91 Å². The van der Waals surface area contributed by atoms with Crippen LogP contribution in [0.4, 0.5) is 11.4 Å². The number of anilines is 2. The minimum Gasteiger partial charge on any atom is -0.495 e. The summed E-state index contributed by atoms with van der Waals surface area (Å²) < 4.78 is 5.21. The van der Waals surface area contributed by atoms with Crippen molar-refractivity contribution in [2.24, 2.45) is 0 Å². The van der Waals surface area contributed by atoms with Gasteiger partial charge in [0.15, 0.2) is 0 Å². The molecule has 0 bridgehead atoms. The average molecular weight is 332 g/mol. The predicted molar refractivity (Wildman–Crippen MR) is 94.8 cm³/mol. The Balaban J connectivity index is 2.14. The fourth-order valence-corrected chi connectivity index (χ4v) is 2.05. The minimum atomic E-state index is -0.549. The molecule has 25 heavy (non-hydrogen) atoms. The Bertz CT molecular complexity index is 887. The molecule has 0 saturated heterocycles. The lowest BCUT2D eigenvalue weighted by molar-refractivity contribution is -0.112. The lowest BCUT2D eigenvalue weighted by atomic mass is 10.2. The topological polar surface area (TPSA) is 97.9 Å². The zero-order valence-electron chi connectivity index (χ0n) is 13.8. The largest absolute Gasteiger partial charge is 0.495 e. The highest BCUT2D eigenvalue weighted by molar-refractivity contribution is 6.07. The number of nitrogens with one attached hydrogen (secondary N) is 2. The van der Waals surface area contributed by atoms with Crippen molar-refractivity contribution in [3.05, 3.63) is 65.4 Å². The Morgan fingerprint density at radius 1 is 1.16 bits per heavy atom. The van der Waals surface area contributed by atoms with Crippen molar-refractivity contribution >= 4 is 17.3 Å². The van der Waals surface area contributed by atoms with Gasteiger partial charge in [-0.3, -0.25) is 4.79 Å². The van der Waals surface area contributed by atoms with Gasteiger partial charge in [0, 0.05) is 11.9 Å². The number of rotatable bonds is 5. The van der Waals surface area contributed by atoms with Gasteiger partial charge in [-0.2, -0.15) is 10.5 Å². The summed E-state index contributed by atoms with van der Waals surface area (Å²) in [5, 5.41) is 23.5. The Morgan fingerprint density at radius 3 is 2.48 bits per heavy atom. The SMILES string of the molecule is COc1ccc(C)cc1NC(=O)/C(C#N)=C\Nc1ccc(C#N)cc1. The summed E-state index contributed by atoms with van der Waals surface area (Å²) in [4.78, 5) is 12.3. The molecule has 0 atom stereocenters. The quantitative estimate of drug-likeness (QED) is 0.646. The molecule has 124 valence electrons. The number of methoxy groups -OCH3 is 1. The van der Waals surface area contributed by atoms with Gasteiger partial charge >= 0.3 is 0 Å². The van der Waals surface area contributed by atoms with E-state index in [0.29, 0.717) is 22.7 Å². The Morgan fingerprint density at radius 2 is 1.88 bits per heavy atom. The van der Waals surface area contributed by atoms with E-state index in [2.05, 4.69) is 10.6 Å². The molecule has 0 saturated carbocycles. The van der Waals surface area contributed by atoms with Crippen molar-refractivity contribution in [2.75, 3.05) is 17.7 Å². The lowest BCUT2D eigenvalue weighted by Crippen LogP contribution is -2.15. The van der Waals surface area contributed by atoms with Gasteiger partial charge in [0.2, 0.25) is 0 Å². The van der Waals surface area contributed by atoms with Crippen molar-refractivity contribution in [1.82, 2.24) is 0 Å². The van der Waals surface area contributed by atoms with Crippen LogP contribution in [0.25, 0.3) is 0 Å². The molecule has 0 radical (unpaired) electrons. The molecule has 0 aliphatic carbocycles. The van der Waals surface area contributed by atoms with Gasteiger partial charge < -0.3 is 15.4 Å². The molecule has 2 aromatic carbocycles. The van der Waals surface area contributed by atoms with Crippen LogP contribution in [0.5, 0.6) is 5.75 Å². The van der Waals surface area contributed by atoms with E-state index in [4.69, 9.17) is 10.00 Å². The van der Waals surface area contributed by atoms with Crippen molar-refractivity contribution in [3.8, 4) is 17.9 Å². The van der Waals surface area contributed by atoms with Crippen LogP contribution in [-0.4, -0.2) is 13.0 Å². The van der Waals surface area contributed by atoms with E-state index in [1.807, 2.05) is 25.1 Å². The summed E-state index contributed by atoms with van der Waals surface area (Å²) in [6.07, 6.45) is 1.32. The van der Waals surface area contributed by atoms with Crippen molar-refractivity contribution in [3.63, 3.8) is 0 Å². The molecule has 2 aromatic rings. The Labute approximate surface area is 146 Å². The smallest absolute Gasteiger partial charge is 0.267 e. The highest BCUT2D eigenvalue weighted by Crippen LogP contribution is 2.25. The van der Waals surface area contributed by atoms with Crippen LogP contribution in [0.3, 0.4) is 0 Å². The van der Waals surface area contributed by atoms with Crippen LogP contribution in [0, 0.1) is 29.6 Å².